The molecule has 0 fully saturated rings. The summed E-state index contributed by atoms with van der Waals surface area (Å²) in [6, 6.07) is 15.0. The fourth-order valence-electron chi connectivity index (χ4n) is 3.59. The number of nitrogens with one attached hydrogen (secondary N) is 1. The Morgan fingerprint density at radius 3 is 2.53 bits per heavy atom. The van der Waals surface area contributed by atoms with Crippen LogP contribution in [0.1, 0.15) is 32.0 Å². The first-order valence-electron chi connectivity index (χ1n) is 10.4. The first-order valence-corrected chi connectivity index (χ1v) is 10.4. The first-order chi connectivity index (χ1) is 14.7. The Kier molecular flexibility index (Phi) is 6.27. The Labute approximate surface area is 176 Å². The number of hydrogen-bond acceptors (Lipinski definition) is 5. The molecule has 0 atom stereocenters. The van der Waals surface area contributed by atoms with E-state index in [0.29, 0.717) is 23.8 Å². The van der Waals surface area contributed by atoms with Gasteiger partial charge in [0.15, 0.2) is 23.9 Å². The van der Waals surface area contributed by atoms with Crippen molar-refractivity contribution in [1.29, 1.82) is 0 Å². The van der Waals surface area contributed by atoms with Gasteiger partial charge in [0.25, 0.3) is 5.91 Å². The van der Waals surface area contributed by atoms with Gasteiger partial charge in [-0.2, -0.15) is 0 Å². The van der Waals surface area contributed by atoms with Crippen LogP contribution < -0.4 is 14.8 Å². The van der Waals surface area contributed by atoms with Crippen molar-refractivity contribution in [2.24, 2.45) is 0 Å². The number of benzene rings is 2. The third kappa shape index (κ3) is 4.62. The molecule has 3 aromatic rings. The molecule has 2 heterocycles. The van der Waals surface area contributed by atoms with Gasteiger partial charge < -0.3 is 19.4 Å². The molecule has 0 saturated carbocycles. The van der Waals surface area contributed by atoms with E-state index in [-0.39, 0.29) is 12.5 Å². The van der Waals surface area contributed by atoms with Gasteiger partial charge in [0, 0.05) is 24.2 Å². The molecule has 7 heteroatoms. The normalized spacial score (nSPS) is 13.2. The zero-order chi connectivity index (χ0) is 20.8. The lowest BCUT2D eigenvalue weighted by atomic mass is 10.2. The van der Waals surface area contributed by atoms with Crippen LogP contribution in [0, 0.1) is 0 Å². The van der Waals surface area contributed by atoms with E-state index in [9.17, 15) is 4.79 Å². The van der Waals surface area contributed by atoms with E-state index in [1.54, 1.807) is 6.07 Å². The number of hydrogen-bond donors (Lipinski definition) is 1. The standard InChI is InChI=1S/C23H26N4O3/c1-2-29-19-8-5-6-9-20(19)30-16-22(28)24-18-13-11-17(12-14-18)23-26-25-21-10-4-3-7-15-27(21)23/h5-6,8-9,11-14H,2-4,7,10,15-16H2,1H3,(H,24,28). The molecule has 1 aliphatic rings. The van der Waals surface area contributed by atoms with Crippen LogP contribution >= 0.6 is 0 Å². The van der Waals surface area contributed by atoms with Crippen LogP contribution in [0.15, 0.2) is 48.5 Å². The van der Waals surface area contributed by atoms with Crippen molar-refractivity contribution < 1.29 is 14.3 Å². The van der Waals surface area contributed by atoms with Crippen molar-refractivity contribution in [2.75, 3.05) is 18.5 Å². The number of nitrogens with zero attached hydrogens (tertiary/aromatic N) is 3. The highest BCUT2D eigenvalue weighted by Crippen LogP contribution is 2.27. The van der Waals surface area contributed by atoms with Gasteiger partial charge in [0.05, 0.1) is 6.61 Å². The monoisotopic (exact) mass is 406 g/mol. The maximum atomic E-state index is 12.3. The highest BCUT2D eigenvalue weighted by Gasteiger charge is 2.16. The third-order valence-electron chi connectivity index (χ3n) is 5.04. The van der Waals surface area contributed by atoms with Crippen LogP contribution in [0.5, 0.6) is 11.5 Å². The summed E-state index contributed by atoms with van der Waals surface area (Å²) in [5.41, 5.74) is 1.71. The molecule has 0 radical (unpaired) electrons. The maximum Gasteiger partial charge on any atom is 0.262 e. The number of fused-ring (bicyclic) bond motifs is 1. The molecule has 4 rings (SSSR count). The molecule has 0 aliphatic carbocycles. The summed E-state index contributed by atoms with van der Waals surface area (Å²) in [7, 11) is 0. The molecule has 0 bridgehead atoms. The molecular formula is C23H26N4O3. The molecule has 1 N–H and O–H groups in total. The van der Waals surface area contributed by atoms with E-state index in [0.717, 1.165) is 36.6 Å². The third-order valence-corrected chi connectivity index (χ3v) is 5.04. The second kappa shape index (κ2) is 9.43. The number of anilines is 1. The number of para-hydroxylation sites is 2. The minimum atomic E-state index is -0.231. The van der Waals surface area contributed by atoms with Gasteiger partial charge >= 0.3 is 0 Å². The largest absolute Gasteiger partial charge is 0.490 e. The highest BCUT2D eigenvalue weighted by molar-refractivity contribution is 5.92. The molecule has 2 aromatic carbocycles. The SMILES string of the molecule is CCOc1ccccc1OCC(=O)Nc1ccc(-c2nnc3n2CCCCC3)cc1. The van der Waals surface area contributed by atoms with Crippen LogP contribution in [0.25, 0.3) is 11.4 Å². The predicted molar refractivity (Wildman–Crippen MR) is 115 cm³/mol. The van der Waals surface area contributed by atoms with E-state index in [1.165, 1.54) is 12.8 Å². The molecule has 7 nitrogen and oxygen atoms in total. The van der Waals surface area contributed by atoms with E-state index in [4.69, 9.17) is 9.47 Å². The average Bonchev–Trinajstić information content (AvgIpc) is 3.02. The number of rotatable bonds is 7. The minimum Gasteiger partial charge on any atom is -0.490 e. The fraction of sp³-hybridized carbons (Fsp3) is 0.348. The molecule has 1 aromatic heterocycles. The topological polar surface area (TPSA) is 78.3 Å². The smallest absolute Gasteiger partial charge is 0.262 e. The zero-order valence-corrected chi connectivity index (χ0v) is 17.1. The molecule has 1 amide bonds. The van der Waals surface area contributed by atoms with Gasteiger partial charge in [0.2, 0.25) is 0 Å². The van der Waals surface area contributed by atoms with Crippen LogP contribution in [-0.4, -0.2) is 33.9 Å². The molecule has 156 valence electrons. The summed E-state index contributed by atoms with van der Waals surface area (Å²) in [5.74, 6) is 2.90. The van der Waals surface area contributed by atoms with Crippen molar-refractivity contribution in [3.05, 3.63) is 54.4 Å². The molecule has 0 unspecified atom stereocenters. The molecular weight excluding hydrogens is 380 g/mol. The van der Waals surface area contributed by atoms with Crippen molar-refractivity contribution in [3.8, 4) is 22.9 Å². The second-order valence-electron chi connectivity index (χ2n) is 7.20. The predicted octanol–water partition coefficient (Wildman–Crippen LogP) is 4.09. The lowest BCUT2D eigenvalue weighted by Gasteiger charge is -2.12. The van der Waals surface area contributed by atoms with Gasteiger partial charge in [-0.1, -0.05) is 18.6 Å². The van der Waals surface area contributed by atoms with E-state index >= 15 is 0 Å². The van der Waals surface area contributed by atoms with Crippen molar-refractivity contribution in [1.82, 2.24) is 14.8 Å². The van der Waals surface area contributed by atoms with Crippen LogP contribution in [0.2, 0.25) is 0 Å². The number of ether oxygens (including phenoxy) is 2. The summed E-state index contributed by atoms with van der Waals surface area (Å²) in [5, 5.41) is 11.6. The Balaban J connectivity index is 1.37. The van der Waals surface area contributed by atoms with Gasteiger partial charge in [-0.15, -0.1) is 10.2 Å². The number of carbonyl (C=O) groups is 1. The summed E-state index contributed by atoms with van der Waals surface area (Å²) in [6.07, 6.45) is 4.53. The Morgan fingerprint density at radius 2 is 1.77 bits per heavy atom. The van der Waals surface area contributed by atoms with E-state index in [1.807, 2.05) is 49.4 Å². The number of carbonyl (C=O) groups excluding carboxylic acids is 1. The van der Waals surface area contributed by atoms with Gasteiger partial charge in [-0.25, -0.2) is 0 Å². The van der Waals surface area contributed by atoms with Crippen LogP contribution in [0.3, 0.4) is 0 Å². The quantitative estimate of drug-likeness (QED) is 0.639. The van der Waals surface area contributed by atoms with E-state index in [2.05, 4.69) is 20.1 Å². The van der Waals surface area contributed by atoms with Crippen molar-refractivity contribution in [3.63, 3.8) is 0 Å². The van der Waals surface area contributed by atoms with Gasteiger partial charge in [0.1, 0.15) is 5.82 Å². The average molecular weight is 406 g/mol. The zero-order valence-electron chi connectivity index (χ0n) is 17.1. The Hall–Kier alpha value is -3.35. The summed E-state index contributed by atoms with van der Waals surface area (Å²) < 4.78 is 13.3. The molecule has 1 aliphatic heterocycles. The number of aryl methyl sites for hydroxylation is 1. The Bertz CT molecular complexity index is 998. The maximum absolute atomic E-state index is 12.3. The van der Waals surface area contributed by atoms with Crippen molar-refractivity contribution in [2.45, 2.75) is 39.2 Å². The van der Waals surface area contributed by atoms with Crippen LogP contribution in [0.4, 0.5) is 5.69 Å². The van der Waals surface area contributed by atoms with Crippen LogP contribution in [-0.2, 0) is 17.8 Å². The lowest BCUT2D eigenvalue weighted by molar-refractivity contribution is -0.118. The van der Waals surface area contributed by atoms with Gasteiger partial charge in [-0.3, -0.25) is 4.79 Å². The number of amides is 1. The summed E-state index contributed by atoms with van der Waals surface area (Å²) in [4.78, 5) is 12.3. The summed E-state index contributed by atoms with van der Waals surface area (Å²) >= 11 is 0. The minimum absolute atomic E-state index is 0.0937. The highest BCUT2D eigenvalue weighted by atomic mass is 16.5. The number of aromatic nitrogens is 3. The van der Waals surface area contributed by atoms with Gasteiger partial charge in [-0.05, 0) is 56.2 Å². The molecule has 0 spiro atoms. The molecule has 30 heavy (non-hydrogen) atoms. The van der Waals surface area contributed by atoms with Crippen molar-refractivity contribution >= 4 is 11.6 Å². The summed E-state index contributed by atoms with van der Waals surface area (Å²) in [6.45, 7) is 3.30. The van der Waals surface area contributed by atoms with E-state index < -0.39 is 0 Å². The lowest BCUT2D eigenvalue weighted by Crippen LogP contribution is -2.20. The molecule has 0 saturated heterocycles. The fourth-order valence-corrected chi connectivity index (χ4v) is 3.59. The first kappa shape index (κ1) is 19.9. The second-order valence-corrected chi connectivity index (χ2v) is 7.20. The Morgan fingerprint density at radius 1 is 1.00 bits per heavy atom.